The molecule has 0 aliphatic carbocycles. The second-order valence-corrected chi connectivity index (χ2v) is 5.25. The van der Waals surface area contributed by atoms with Gasteiger partial charge in [-0.2, -0.15) is 0 Å². The molecule has 0 atom stereocenters. The van der Waals surface area contributed by atoms with Gasteiger partial charge < -0.3 is 23.8 Å². The molecule has 0 bridgehead atoms. The fourth-order valence-corrected chi connectivity index (χ4v) is 2.05. The van der Waals surface area contributed by atoms with Crippen LogP contribution in [0.2, 0.25) is 0 Å². The molecule has 0 saturated carbocycles. The molecule has 104 valence electrons. The molecule has 2 rings (SSSR count). The van der Waals surface area contributed by atoms with Crippen LogP contribution < -0.4 is 9.31 Å². The molecule has 0 fully saturated rings. The minimum Gasteiger partial charge on any atom is -0.498 e. The Kier molecular flexibility index (Phi) is 4.68. The van der Waals surface area contributed by atoms with Gasteiger partial charge in [-0.15, -0.1) is 0 Å². The molecule has 1 aromatic carbocycles. The second kappa shape index (κ2) is 6.28. The molecule has 0 N–H and O–H groups in total. The number of benzene rings is 1. The standard InChI is InChI=1S/C13H21BN2O3/c1-15(2)9-11(10-16(3)4)17-14-18-12-7-5-6-8-13(12)19-14/h5-8,11H,9-10H2,1-4H3. The van der Waals surface area contributed by atoms with Gasteiger partial charge in [0, 0.05) is 13.1 Å². The van der Waals surface area contributed by atoms with Crippen LogP contribution in [0.1, 0.15) is 0 Å². The maximum Gasteiger partial charge on any atom is 0.788 e. The SMILES string of the molecule is CN(C)CC(CN(C)C)OB1Oc2ccccc2O1. The molecule has 0 radical (unpaired) electrons. The first kappa shape index (κ1) is 14.2. The Hall–Kier alpha value is -1.24. The summed E-state index contributed by atoms with van der Waals surface area (Å²) in [7, 11) is 7.45. The third kappa shape index (κ3) is 4.13. The molecule has 0 spiro atoms. The smallest absolute Gasteiger partial charge is 0.498 e. The van der Waals surface area contributed by atoms with Gasteiger partial charge in [0.15, 0.2) is 0 Å². The zero-order chi connectivity index (χ0) is 13.8. The topological polar surface area (TPSA) is 34.2 Å². The molecule has 0 amide bonds. The van der Waals surface area contributed by atoms with E-state index in [2.05, 4.69) is 9.80 Å². The number of likely N-dealkylation sites (N-methyl/N-ethyl adjacent to an activating group) is 2. The first-order chi connectivity index (χ1) is 9.04. The Balaban J connectivity index is 1.92. The van der Waals surface area contributed by atoms with Crippen LogP contribution in [0.15, 0.2) is 24.3 Å². The zero-order valence-corrected chi connectivity index (χ0v) is 12.0. The molecule has 1 aliphatic rings. The Labute approximate surface area is 115 Å². The van der Waals surface area contributed by atoms with Crippen molar-refractivity contribution in [1.82, 2.24) is 9.80 Å². The second-order valence-electron chi connectivity index (χ2n) is 5.25. The summed E-state index contributed by atoms with van der Waals surface area (Å²) in [5, 5.41) is 0. The van der Waals surface area contributed by atoms with Crippen LogP contribution in [-0.2, 0) is 4.65 Å². The van der Waals surface area contributed by atoms with Crippen molar-refractivity contribution in [2.45, 2.75) is 6.10 Å². The quantitative estimate of drug-likeness (QED) is 0.715. The van der Waals surface area contributed by atoms with Crippen LogP contribution >= 0.6 is 0 Å². The van der Waals surface area contributed by atoms with Gasteiger partial charge in [-0.1, -0.05) is 12.1 Å². The van der Waals surface area contributed by atoms with Gasteiger partial charge in [0.25, 0.3) is 0 Å². The Bertz CT molecular complexity index is 380. The van der Waals surface area contributed by atoms with Gasteiger partial charge >= 0.3 is 7.32 Å². The van der Waals surface area contributed by atoms with Crippen molar-refractivity contribution in [2.75, 3.05) is 41.3 Å². The Morgan fingerprint density at radius 2 is 1.47 bits per heavy atom. The lowest BCUT2D eigenvalue weighted by molar-refractivity contribution is 0.0915. The van der Waals surface area contributed by atoms with Gasteiger partial charge in [-0.05, 0) is 40.3 Å². The third-order valence-corrected chi connectivity index (χ3v) is 2.74. The Morgan fingerprint density at radius 1 is 1.00 bits per heavy atom. The number of para-hydroxylation sites is 2. The minimum absolute atomic E-state index is 0.0318. The van der Waals surface area contributed by atoms with Gasteiger partial charge in [0.2, 0.25) is 0 Å². The molecule has 1 aromatic rings. The lowest BCUT2D eigenvalue weighted by atomic mass is 10.2. The lowest BCUT2D eigenvalue weighted by Gasteiger charge is -2.24. The molecule has 0 unspecified atom stereocenters. The van der Waals surface area contributed by atoms with Gasteiger partial charge in [0.05, 0.1) is 6.10 Å². The molecule has 5 nitrogen and oxygen atoms in total. The lowest BCUT2D eigenvalue weighted by Crippen LogP contribution is -2.43. The summed E-state index contributed by atoms with van der Waals surface area (Å²) < 4.78 is 17.1. The summed E-state index contributed by atoms with van der Waals surface area (Å²) >= 11 is 0. The van der Waals surface area contributed by atoms with E-state index >= 15 is 0 Å². The van der Waals surface area contributed by atoms with Crippen LogP contribution in [0.3, 0.4) is 0 Å². The number of fused-ring (bicyclic) bond motifs is 1. The maximum absolute atomic E-state index is 5.89. The van der Waals surface area contributed by atoms with Crippen molar-refractivity contribution in [3.05, 3.63) is 24.3 Å². The number of nitrogens with zero attached hydrogens (tertiary/aromatic N) is 2. The molecular weight excluding hydrogens is 243 g/mol. The van der Waals surface area contributed by atoms with E-state index in [4.69, 9.17) is 14.0 Å². The van der Waals surface area contributed by atoms with Crippen LogP contribution in [0.4, 0.5) is 0 Å². The van der Waals surface area contributed by atoms with E-state index in [0.29, 0.717) is 0 Å². The average Bonchev–Trinajstić information content (AvgIpc) is 2.68. The normalized spacial score (nSPS) is 13.9. The highest BCUT2D eigenvalue weighted by Gasteiger charge is 2.37. The molecule has 0 aromatic heterocycles. The van der Waals surface area contributed by atoms with Crippen molar-refractivity contribution in [3.8, 4) is 11.5 Å². The number of rotatable bonds is 6. The van der Waals surface area contributed by atoms with Crippen molar-refractivity contribution >= 4 is 7.32 Å². The van der Waals surface area contributed by atoms with Crippen LogP contribution in [0.25, 0.3) is 0 Å². The molecule has 1 aliphatic heterocycles. The van der Waals surface area contributed by atoms with Crippen molar-refractivity contribution in [3.63, 3.8) is 0 Å². The fraction of sp³-hybridized carbons (Fsp3) is 0.538. The minimum atomic E-state index is -0.651. The van der Waals surface area contributed by atoms with E-state index < -0.39 is 7.32 Å². The summed E-state index contributed by atoms with van der Waals surface area (Å²) in [6.45, 7) is 1.63. The molecule has 0 saturated heterocycles. The summed E-state index contributed by atoms with van der Waals surface area (Å²) in [6, 6.07) is 7.60. The van der Waals surface area contributed by atoms with E-state index in [0.717, 1.165) is 24.6 Å². The van der Waals surface area contributed by atoms with Crippen molar-refractivity contribution in [1.29, 1.82) is 0 Å². The molecule has 19 heavy (non-hydrogen) atoms. The van der Waals surface area contributed by atoms with Crippen molar-refractivity contribution < 1.29 is 14.0 Å². The number of hydrogen-bond donors (Lipinski definition) is 0. The summed E-state index contributed by atoms with van der Waals surface area (Å²) in [5.41, 5.74) is 0. The van der Waals surface area contributed by atoms with Crippen molar-refractivity contribution in [2.24, 2.45) is 0 Å². The fourth-order valence-electron chi connectivity index (χ4n) is 2.05. The molecular formula is C13H21BN2O3. The average molecular weight is 264 g/mol. The summed E-state index contributed by atoms with van der Waals surface area (Å²) in [6.07, 6.45) is 0.0318. The first-order valence-electron chi connectivity index (χ1n) is 6.42. The third-order valence-electron chi connectivity index (χ3n) is 2.74. The van der Waals surface area contributed by atoms with E-state index in [1.165, 1.54) is 0 Å². The van der Waals surface area contributed by atoms with E-state index in [9.17, 15) is 0 Å². The van der Waals surface area contributed by atoms with E-state index in [1.807, 2.05) is 52.5 Å². The van der Waals surface area contributed by atoms with Gasteiger partial charge in [0.1, 0.15) is 11.5 Å². The maximum atomic E-state index is 5.89. The monoisotopic (exact) mass is 264 g/mol. The molecule has 6 heteroatoms. The predicted molar refractivity (Wildman–Crippen MR) is 75.4 cm³/mol. The highest BCUT2D eigenvalue weighted by molar-refractivity contribution is 6.40. The Morgan fingerprint density at radius 3 is 1.89 bits per heavy atom. The van der Waals surface area contributed by atoms with E-state index in [1.54, 1.807) is 0 Å². The summed E-state index contributed by atoms with van der Waals surface area (Å²) in [5.74, 6) is 1.47. The van der Waals surface area contributed by atoms with Crippen LogP contribution in [-0.4, -0.2) is 64.5 Å². The van der Waals surface area contributed by atoms with E-state index in [-0.39, 0.29) is 6.10 Å². The predicted octanol–water partition coefficient (Wildman–Crippen LogP) is 0.951. The highest BCUT2D eigenvalue weighted by atomic mass is 16.8. The zero-order valence-electron chi connectivity index (χ0n) is 12.0. The largest absolute Gasteiger partial charge is 0.788 e. The molecule has 1 heterocycles. The van der Waals surface area contributed by atoms with Gasteiger partial charge in [-0.25, -0.2) is 0 Å². The van der Waals surface area contributed by atoms with Crippen LogP contribution in [0.5, 0.6) is 11.5 Å². The first-order valence-corrected chi connectivity index (χ1v) is 6.42. The number of hydrogen-bond acceptors (Lipinski definition) is 5. The summed E-state index contributed by atoms with van der Waals surface area (Å²) in [4.78, 5) is 4.19. The van der Waals surface area contributed by atoms with Gasteiger partial charge in [-0.3, -0.25) is 0 Å². The highest BCUT2D eigenvalue weighted by Crippen LogP contribution is 2.33. The van der Waals surface area contributed by atoms with Crippen LogP contribution in [0, 0.1) is 0 Å².